The van der Waals surface area contributed by atoms with Crippen LogP contribution in [0.1, 0.15) is 23.7 Å². The first-order valence-electron chi connectivity index (χ1n) is 8.28. The van der Waals surface area contributed by atoms with E-state index in [9.17, 15) is 9.59 Å². The van der Waals surface area contributed by atoms with Crippen LogP contribution in [0.25, 0.3) is 10.9 Å². The van der Waals surface area contributed by atoms with Crippen molar-refractivity contribution in [1.82, 2.24) is 4.98 Å². The Labute approximate surface area is 175 Å². The highest BCUT2D eigenvalue weighted by Crippen LogP contribution is 2.34. The smallest absolute Gasteiger partial charge is 0.224 e. The van der Waals surface area contributed by atoms with Crippen molar-refractivity contribution >= 4 is 62.5 Å². The minimum absolute atomic E-state index is 0.0749. The molecule has 3 aromatic rings. The number of hydrogen-bond acceptors (Lipinski definition) is 4. The molecule has 0 radical (unpaired) electrons. The number of amides is 1. The Kier molecular flexibility index (Phi) is 6.28. The molecule has 2 aromatic carbocycles. The second-order valence-corrected chi connectivity index (χ2v) is 7.33. The number of nitrogens with one attached hydrogen (secondary N) is 1. The Morgan fingerprint density at radius 2 is 1.96 bits per heavy atom. The van der Waals surface area contributed by atoms with Crippen LogP contribution < -0.4 is 10.1 Å². The Morgan fingerprint density at radius 3 is 2.67 bits per heavy atom. The first kappa shape index (κ1) is 19.6. The van der Waals surface area contributed by atoms with Crippen LogP contribution in [0.5, 0.6) is 5.75 Å². The maximum atomic E-state index is 12.5. The van der Waals surface area contributed by atoms with Crippen LogP contribution in [0.15, 0.2) is 48.7 Å². The number of hydrogen-bond donors (Lipinski definition) is 1. The van der Waals surface area contributed by atoms with Crippen LogP contribution in [0, 0.1) is 3.57 Å². The summed E-state index contributed by atoms with van der Waals surface area (Å²) >= 11 is 8.37. The monoisotopic (exact) mass is 494 g/mol. The summed E-state index contributed by atoms with van der Waals surface area (Å²) in [5, 5.41) is 4.11. The van der Waals surface area contributed by atoms with Crippen molar-refractivity contribution in [2.24, 2.45) is 0 Å². The summed E-state index contributed by atoms with van der Waals surface area (Å²) in [4.78, 5) is 28.2. The molecule has 1 aromatic heterocycles. The Hall–Kier alpha value is -2.19. The lowest BCUT2D eigenvalue weighted by molar-refractivity contribution is -0.115. The molecule has 0 spiro atoms. The van der Waals surface area contributed by atoms with Gasteiger partial charge in [0, 0.05) is 29.3 Å². The molecule has 0 atom stereocenters. The van der Waals surface area contributed by atoms with E-state index >= 15 is 0 Å². The number of carbonyl (C=O) groups is 2. The largest absolute Gasteiger partial charge is 0.482 e. The molecule has 1 N–H and O–H groups in total. The van der Waals surface area contributed by atoms with Crippen LogP contribution in [0.3, 0.4) is 0 Å². The molecule has 138 valence electrons. The number of Topliss-reactive ketones (excluding diaryl/α,β-unsaturated/α-hetero) is 1. The molecule has 0 saturated heterocycles. The molecule has 0 aliphatic carbocycles. The second-order valence-electron chi connectivity index (χ2n) is 5.76. The van der Waals surface area contributed by atoms with Crippen molar-refractivity contribution < 1.29 is 14.3 Å². The van der Waals surface area contributed by atoms with Crippen LogP contribution in [0.2, 0.25) is 5.02 Å². The molecule has 5 nitrogen and oxygen atoms in total. The van der Waals surface area contributed by atoms with Crippen molar-refractivity contribution in [3.8, 4) is 5.75 Å². The summed E-state index contributed by atoms with van der Waals surface area (Å²) < 4.78 is 6.57. The first-order valence-corrected chi connectivity index (χ1v) is 9.74. The molecule has 27 heavy (non-hydrogen) atoms. The normalized spacial score (nSPS) is 10.6. The summed E-state index contributed by atoms with van der Waals surface area (Å²) in [6.45, 7) is 1.66. The Balaban J connectivity index is 1.75. The highest BCUT2D eigenvalue weighted by Gasteiger charge is 2.14. The van der Waals surface area contributed by atoms with Gasteiger partial charge in [-0.15, -0.1) is 0 Å². The average Bonchev–Trinajstić information content (AvgIpc) is 2.68. The van der Waals surface area contributed by atoms with Gasteiger partial charge in [-0.05, 0) is 65.1 Å². The molecule has 3 rings (SSSR count). The number of aromatic nitrogens is 1. The Bertz CT molecular complexity index is 1010. The number of rotatable bonds is 6. The predicted octanol–water partition coefficient (Wildman–Crippen LogP) is 5.10. The zero-order valence-electron chi connectivity index (χ0n) is 14.5. The maximum Gasteiger partial charge on any atom is 0.224 e. The van der Waals surface area contributed by atoms with Gasteiger partial charge in [0.15, 0.2) is 18.1 Å². The van der Waals surface area contributed by atoms with Gasteiger partial charge < -0.3 is 10.1 Å². The van der Waals surface area contributed by atoms with Crippen molar-refractivity contribution in [3.63, 3.8) is 0 Å². The van der Waals surface area contributed by atoms with Gasteiger partial charge in [-0.2, -0.15) is 0 Å². The van der Waals surface area contributed by atoms with E-state index in [2.05, 4.69) is 32.9 Å². The number of ketones is 1. The molecule has 7 heteroatoms. The number of benzene rings is 2. The van der Waals surface area contributed by atoms with E-state index in [1.807, 2.05) is 6.07 Å². The van der Waals surface area contributed by atoms with Crippen molar-refractivity contribution in [2.45, 2.75) is 13.3 Å². The summed E-state index contributed by atoms with van der Waals surface area (Å²) in [7, 11) is 0. The molecule has 0 saturated carbocycles. The lowest BCUT2D eigenvalue weighted by Crippen LogP contribution is -2.13. The molecule has 1 heterocycles. The summed E-state index contributed by atoms with van der Waals surface area (Å²) in [5.74, 6) is 0.295. The van der Waals surface area contributed by atoms with Gasteiger partial charge in [0.2, 0.25) is 5.91 Å². The molecule has 0 aliphatic rings. The molecule has 0 aliphatic heterocycles. The SMILES string of the molecule is CCC(=O)Nc1ccc(C(=O)COc2c(I)cc(Cl)c3cccnc23)cc1. The van der Waals surface area contributed by atoms with Crippen LogP contribution in [-0.2, 0) is 4.79 Å². The van der Waals surface area contributed by atoms with Gasteiger partial charge in [0.25, 0.3) is 0 Å². The minimum Gasteiger partial charge on any atom is -0.482 e. The fourth-order valence-electron chi connectivity index (χ4n) is 2.49. The number of ether oxygens (including phenoxy) is 1. The van der Waals surface area contributed by atoms with Crippen LogP contribution in [-0.4, -0.2) is 23.3 Å². The topological polar surface area (TPSA) is 68.3 Å². The molecule has 1 amide bonds. The average molecular weight is 495 g/mol. The van der Waals surface area contributed by atoms with Gasteiger partial charge in [-0.1, -0.05) is 18.5 Å². The third-order valence-corrected chi connectivity index (χ3v) is 5.02. The highest BCUT2D eigenvalue weighted by molar-refractivity contribution is 14.1. The lowest BCUT2D eigenvalue weighted by Gasteiger charge is -2.12. The van der Waals surface area contributed by atoms with E-state index in [0.717, 1.165) is 8.96 Å². The van der Waals surface area contributed by atoms with Crippen molar-refractivity contribution in [2.75, 3.05) is 11.9 Å². The quantitative estimate of drug-likeness (QED) is 0.382. The fourth-order valence-corrected chi connectivity index (χ4v) is 3.66. The van der Waals surface area contributed by atoms with Crippen LogP contribution >= 0.6 is 34.2 Å². The summed E-state index contributed by atoms with van der Waals surface area (Å²) in [6.07, 6.45) is 2.06. The number of pyridine rings is 1. The van der Waals surface area contributed by atoms with E-state index in [-0.39, 0.29) is 18.3 Å². The Morgan fingerprint density at radius 1 is 1.22 bits per heavy atom. The summed E-state index contributed by atoms with van der Waals surface area (Å²) in [6, 6.07) is 12.2. The summed E-state index contributed by atoms with van der Waals surface area (Å²) in [5.41, 5.74) is 1.78. The van der Waals surface area contributed by atoms with Gasteiger partial charge in [0.1, 0.15) is 5.52 Å². The molecular formula is C20H16ClIN2O3. The highest BCUT2D eigenvalue weighted by atomic mass is 127. The van der Waals surface area contributed by atoms with E-state index in [1.54, 1.807) is 49.5 Å². The van der Waals surface area contributed by atoms with E-state index in [4.69, 9.17) is 16.3 Å². The molecular weight excluding hydrogens is 479 g/mol. The van der Waals surface area contributed by atoms with E-state index in [1.165, 1.54) is 0 Å². The number of anilines is 1. The van der Waals surface area contributed by atoms with Gasteiger partial charge in [0.05, 0.1) is 8.59 Å². The third kappa shape index (κ3) is 4.56. The molecule has 0 unspecified atom stereocenters. The predicted molar refractivity (Wildman–Crippen MR) is 115 cm³/mol. The first-order chi connectivity index (χ1) is 13.0. The number of carbonyl (C=O) groups excluding carboxylic acids is 2. The van der Waals surface area contributed by atoms with Gasteiger partial charge >= 0.3 is 0 Å². The second kappa shape index (κ2) is 8.67. The third-order valence-electron chi connectivity index (χ3n) is 3.91. The molecule has 0 fully saturated rings. The van der Waals surface area contributed by atoms with E-state index in [0.29, 0.717) is 34.0 Å². The van der Waals surface area contributed by atoms with Gasteiger partial charge in [-0.3, -0.25) is 14.6 Å². The van der Waals surface area contributed by atoms with Gasteiger partial charge in [-0.25, -0.2) is 0 Å². The minimum atomic E-state index is -0.168. The molecule has 0 bridgehead atoms. The lowest BCUT2D eigenvalue weighted by atomic mass is 10.1. The number of fused-ring (bicyclic) bond motifs is 1. The number of halogens is 2. The zero-order chi connectivity index (χ0) is 19.4. The zero-order valence-corrected chi connectivity index (χ0v) is 17.4. The van der Waals surface area contributed by atoms with Crippen molar-refractivity contribution in [3.05, 3.63) is 62.8 Å². The van der Waals surface area contributed by atoms with E-state index < -0.39 is 0 Å². The standard InChI is InChI=1S/C20H16ClIN2O3/c1-2-18(26)24-13-7-5-12(6-8-13)17(25)11-27-20-16(22)10-15(21)14-4-3-9-23-19(14)20/h3-10H,2,11H2,1H3,(H,24,26). The maximum absolute atomic E-state index is 12.5. The fraction of sp³-hybridized carbons (Fsp3) is 0.150. The number of nitrogens with zero attached hydrogens (tertiary/aromatic N) is 1. The van der Waals surface area contributed by atoms with Crippen LogP contribution in [0.4, 0.5) is 5.69 Å². The van der Waals surface area contributed by atoms with Crippen molar-refractivity contribution in [1.29, 1.82) is 0 Å².